The van der Waals surface area contributed by atoms with Crippen LogP contribution >= 0.6 is 0 Å². The van der Waals surface area contributed by atoms with Crippen molar-refractivity contribution in [1.29, 1.82) is 0 Å². The van der Waals surface area contributed by atoms with Gasteiger partial charge >= 0.3 is 5.97 Å². The average molecular weight is 311 g/mol. The Bertz CT molecular complexity index is 890. The number of nitrogens with zero attached hydrogens (tertiary/aromatic N) is 4. The van der Waals surface area contributed by atoms with Gasteiger partial charge in [0.15, 0.2) is 5.65 Å². The Kier molecular flexibility index (Phi) is 3.14. The van der Waals surface area contributed by atoms with Crippen molar-refractivity contribution in [2.45, 2.75) is 25.8 Å². The van der Waals surface area contributed by atoms with Gasteiger partial charge in [0.25, 0.3) is 0 Å². The Labute approximate surface area is 132 Å². The SMILES string of the molecule is CC1CCC(C(=O)O)CN1c1[nH]ncc2cnc3nccc3c12. The summed E-state index contributed by atoms with van der Waals surface area (Å²) in [4.78, 5) is 22.1. The van der Waals surface area contributed by atoms with Gasteiger partial charge in [-0.1, -0.05) is 0 Å². The first-order valence-electron chi connectivity index (χ1n) is 7.71. The number of H-pyrrole nitrogens is 1. The lowest BCUT2D eigenvalue weighted by Gasteiger charge is -2.38. The minimum atomic E-state index is -0.739. The van der Waals surface area contributed by atoms with E-state index in [0.717, 1.165) is 28.4 Å². The second-order valence-electron chi connectivity index (χ2n) is 6.10. The summed E-state index contributed by atoms with van der Waals surface area (Å²) >= 11 is 0. The molecule has 0 aromatic carbocycles. The third kappa shape index (κ3) is 2.19. The fourth-order valence-electron chi connectivity index (χ4n) is 3.38. The van der Waals surface area contributed by atoms with E-state index >= 15 is 0 Å². The van der Waals surface area contributed by atoms with E-state index in [9.17, 15) is 9.90 Å². The molecule has 3 aromatic heterocycles. The quantitative estimate of drug-likeness (QED) is 0.753. The molecule has 23 heavy (non-hydrogen) atoms. The summed E-state index contributed by atoms with van der Waals surface area (Å²) in [6.07, 6.45) is 6.79. The van der Waals surface area contributed by atoms with Gasteiger partial charge in [-0.05, 0) is 25.8 Å². The molecule has 4 heterocycles. The normalized spacial score (nSPS) is 21.9. The van der Waals surface area contributed by atoms with E-state index in [1.54, 1.807) is 18.6 Å². The molecule has 1 aliphatic rings. The van der Waals surface area contributed by atoms with E-state index in [0.29, 0.717) is 18.6 Å². The first-order valence-corrected chi connectivity index (χ1v) is 7.71. The highest BCUT2D eigenvalue weighted by Crippen LogP contribution is 2.34. The van der Waals surface area contributed by atoms with Crippen LogP contribution in [0.5, 0.6) is 0 Å². The van der Waals surface area contributed by atoms with Crippen molar-refractivity contribution in [3.05, 3.63) is 24.7 Å². The summed E-state index contributed by atoms with van der Waals surface area (Å²) in [6, 6.07) is 2.19. The zero-order chi connectivity index (χ0) is 16.0. The van der Waals surface area contributed by atoms with Crippen molar-refractivity contribution >= 4 is 33.6 Å². The molecular weight excluding hydrogens is 294 g/mol. The van der Waals surface area contributed by atoms with E-state index in [4.69, 9.17) is 0 Å². The van der Waals surface area contributed by atoms with Crippen LogP contribution in [0.4, 0.5) is 5.82 Å². The summed E-state index contributed by atoms with van der Waals surface area (Å²) in [7, 11) is 0. The number of carboxylic acid groups (broad SMARTS) is 1. The molecule has 1 saturated heterocycles. The molecule has 118 valence electrons. The maximum atomic E-state index is 11.4. The number of carboxylic acids is 1. The molecule has 7 nitrogen and oxygen atoms in total. The van der Waals surface area contributed by atoms with Gasteiger partial charge in [-0.2, -0.15) is 5.10 Å². The molecule has 2 N–H and O–H groups in total. The smallest absolute Gasteiger partial charge is 0.308 e. The number of aliphatic carboxylic acids is 1. The molecule has 0 spiro atoms. The van der Waals surface area contributed by atoms with Gasteiger partial charge < -0.3 is 10.0 Å². The topological polar surface area (TPSA) is 95.0 Å². The van der Waals surface area contributed by atoms with Crippen LogP contribution in [-0.2, 0) is 4.79 Å². The number of rotatable bonds is 2. The molecule has 0 aliphatic carbocycles. The molecular formula is C16H17N5O2. The maximum absolute atomic E-state index is 11.4. The van der Waals surface area contributed by atoms with Gasteiger partial charge in [-0.15, -0.1) is 0 Å². The zero-order valence-corrected chi connectivity index (χ0v) is 12.7. The lowest BCUT2D eigenvalue weighted by molar-refractivity contribution is -0.142. The van der Waals surface area contributed by atoms with Gasteiger partial charge in [0.05, 0.1) is 12.1 Å². The number of nitrogens with one attached hydrogen (secondary N) is 1. The van der Waals surface area contributed by atoms with E-state index in [-0.39, 0.29) is 12.0 Å². The highest BCUT2D eigenvalue weighted by molar-refractivity contribution is 6.10. The summed E-state index contributed by atoms with van der Waals surface area (Å²) in [5.74, 6) is -0.247. The van der Waals surface area contributed by atoms with Crippen molar-refractivity contribution in [2.75, 3.05) is 11.4 Å². The van der Waals surface area contributed by atoms with Crippen LogP contribution in [0, 0.1) is 5.92 Å². The molecule has 0 bridgehead atoms. The standard InChI is InChI=1S/C16H17N5O2/c1-9-2-3-10(16(22)23)8-21(9)15-13-11(7-19-20-15)6-18-14-12(13)4-5-17-14/h4-7,9-10,20H,2-3,8H2,1H3,(H,22,23). The maximum Gasteiger partial charge on any atom is 0.308 e. The number of fused-ring (bicyclic) bond motifs is 3. The molecule has 1 fully saturated rings. The third-order valence-corrected chi connectivity index (χ3v) is 4.69. The fraction of sp³-hybridized carbons (Fsp3) is 0.375. The van der Waals surface area contributed by atoms with Crippen LogP contribution < -0.4 is 4.90 Å². The molecule has 3 aromatic rings. The zero-order valence-electron chi connectivity index (χ0n) is 12.7. The minimum absolute atomic E-state index is 0.250. The van der Waals surface area contributed by atoms with Gasteiger partial charge in [0.1, 0.15) is 5.82 Å². The molecule has 1 aliphatic heterocycles. The van der Waals surface area contributed by atoms with Crippen LogP contribution in [-0.4, -0.2) is 43.8 Å². The van der Waals surface area contributed by atoms with Crippen molar-refractivity contribution < 1.29 is 9.90 Å². The average Bonchev–Trinajstić information content (AvgIpc) is 3.03. The number of hydrogen-bond donors (Lipinski definition) is 2. The Morgan fingerprint density at radius 3 is 3.04 bits per heavy atom. The number of aromatic amines is 1. The molecule has 0 amide bonds. The summed E-state index contributed by atoms with van der Waals surface area (Å²) in [5, 5.41) is 19.5. The fourth-order valence-corrected chi connectivity index (χ4v) is 3.38. The molecule has 2 atom stereocenters. The van der Waals surface area contributed by atoms with Crippen molar-refractivity contribution in [1.82, 2.24) is 20.2 Å². The largest absolute Gasteiger partial charge is 0.481 e. The van der Waals surface area contributed by atoms with Crippen LogP contribution in [0.15, 0.2) is 24.7 Å². The highest BCUT2D eigenvalue weighted by Gasteiger charge is 2.31. The van der Waals surface area contributed by atoms with Crippen LogP contribution in [0.3, 0.4) is 0 Å². The van der Waals surface area contributed by atoms with Crippen LogP contribution in [0.1, 0.15) is 19.8 Å². The van der Waals surface area contributed by atoms with Gasteiger partial charge in [0, 0.05) is 41.1 Å². The van der Waals surface area contributed by atoms with E-state index < -0.39 is 5.97 Å². The third-order valence-electron chi connectivity index (χ3n) is 4.69. The monoisotopic (exact) mass is 311 g/mol. The molecule has 0 saturated carbocycles. The second kappa shape index (κ2) is 5.19. The van der Waals surface area contributed by atoms with Crippen LogP contribution in [0.2, 0.25) is 0 Å². The number of hydrogen-bond acceptors (Lipinski definition) is 5. The predicted molar refractivity (Wildman–Crippen MR) is 86.4 cm³/mol. The Morgan fingerprint density at radius 2 is 2.22 bits per heavy atom. The van der Waals surface area contributed by atoms with E-state index in [2.05, 4.69) is 32.0 Å². The van der Waals surface area contributed by atoms with Gasteiger partial charge in [-0.3, -0.25) is 9.89 Å². The van der Waals surface area contributed by atoms with Gasteiger partial charge in [0.2, 0.25) is 0 Å². The number of anilines is 1. The van der Waals surface area contributed by atoms with E-state index in [1.165, 1.54) is 0 Å². The second-order valence-corrected chi connectivity index (χ2v) is 6.10. The summed E-state index contributed by atoms with van der Waals surface area (Å²) < 4.78 is 0. The lowest BCUT2D eigenvalue weighted by atomic mass is 9.93. The molecule has 0 radical (unpaired) electrons. The lowest BCUT2D eigenvalue weighted by Crippen LogP contribution is -2.44. The highest BCUT2D eigenvalue weighted by atomic mass is 16.4. The number of aromatic nitrogens is 4. The molecule has 7 heteroatoms. The first kappa shape index (κ1) is 13.9. The van der Waals surface area contributed by atoms with Crippen molar-refractivity contribution in [3.8, 4) is 0 Å². The number of pyridine rings is 1. The number of piperidine rings is 1. The summed E-state index contributed by atoms with van der Waals surface area (Å²) in [5.41, 5.74) is 0.692. The number of carbonyl (C=O) groups is 1. The predicted octanol–water partition coefficient (Wildman–Crippen LogP) is 2.20. The van der Waals surface area contributed by atoms with Gasteiger partial charge in [-0.25, -0.2) is 9.97 Å². The first-order chi connectivity index (χ1) is 11.1. The van der Waals surface area contributed by atoms with Crippen molar-refractivity contribution in [3.63, 3.8) is 0 Å². The molecule has 2 unspecified atom stereocenters. The minimum Gasteiger partial charge on any atom is -0.481 e. The Hall–Kier alpha value is -2.70. The van der Waals surface area contributed by atoms with Crippen molar-refractivity contribution in [2.24, 2.45) is 5.92 Å². The molecule has 4 rings (SSSR count). The van der Waals surface area contributed by atoms with Crippen LogP contribution in [0.25, 0.3) is 21.8 Å². The Morgan fingerprint density at radius 1 is 1.35 bits per heavy atom. The Balaban J connectivity index is 1.90. The van der Waals surface area contributed by atoms with E-state index in [1.807, 2.05) is 6.07 Å². The summed E-state index contributed by atoms with van der Waals surface area (Å²) in [6.45, 7) is 2.60.